The average molecular weight is 471 g/mol. The second-order valence-electron chi connectivity index (χ2n) is 8.09. The number of amides is 2. The molecule has 2 amide bonds. The maximum Gasteiger partial charge on any atom is 0.412 e. The van der Waals surface area contributed by atoms with E-state index in [1.807, 2.05) is 13.8 Å². The Hall–Kier alpha value is -2.09. The molecule has 1 atom stereocenters. The van der Waals surface area contributed by atoms with E-state index in [1.54, 1.807) is 52.0 Å². The minimum Gasteiger partial charge on any atom is -0.459 e. The minimum absolute atomic E-state index is 0.115. The molecule has 1 N–H and O–H groups in total. The summed E-state index contributed by atoms with van der Waals surface area (Å²) in [5.74, 6) is -0.807. The molecule has 0 aromatic heterocycles. The molecular weight excluding hydrogens is 440 g/mol. The van der Waals surface area contributed by atoms with Crippen molar-refractivity contribution in [2.75, 3.05) is 18.4 Å². The van der Waals surface area contributed by atoms with Gasteiger partial charge in [-0.2, -0.15) is 0 Å². The van der Waals surface area contributed by atoms with E-state index in [-0.39, 0.29) is 12.5 Å². The third-order valence-electron chi connectivity index (χ3n) is 3.73. The van der Waals surface area contributed by atoms with Gasteiger partial charge in [-0.05, 0) is 64.3 Å². The zero-order valence-electron chi connectivity index (χ0n) is 18.0. The third-order valence-corrected chi connectivity index (χ3v) is 4.26. The van der Waals surface area contributed by atoms with Crippen LogP contribution in [0.3, 0.4) is 0 Å². The molecule has 0 aliphatic rings. The lowest BCUT2D eigenvalue weighted by Gasteiger charge is -2.28. The highest BCUT2D eigenvalue weighted by molar-refractivity contribution is 9.10. The van der Waals surface area contributed by atoms with E-state index in [9.17, 15) is 14.4 Å². The number of hydrogen-bond donors (Lipinski definition) is 1. The smallest absolute Gasteiger partial charge is 0.412 e. The molecule has 162 valence electrons. The number of likely N-dealkylation sites (N-methyl/N-ethyl adjacent to an activating group) is 1. The largest absolute Gasteiger partial charge is 0.459 e. The first kappa shape index (κ1) is 24.9. The van der Waals surface area contributed by atoms with Gasteiger partial charge in [-0.3, -0.25) is 14.9 Å². The predicted octanol–water partition coefficient (Wildman–Crippen LogP) is 4.60. The number of benzene rings is 1. The van der Waals surface area contributed by atoms with Crippen molar-refractivity contribution in [2.45, 2.75) is 59.7 Å². The quantitative estimate of drug-likeness (QED) is 0.560. The Bertz CT molecular complexity index is 698. The molecule has 29 heavy (non-hydrogen) atoms. The number of hydrogen-bond acceptors (Lipinski definition) is 5. The SMILES string of the molecule is CCN(CC(=O)OC(C)(C)C)C(=O)C(CC(C)C)OC(=O)Nc1ccc(Br)cc1. The fourth-order valence-electron chi connectivity index (χ4n) is 2.52. The van der Waals surface area contributed by atoms with Crippen LogP contribution >= 0.6 is 15.9 Å². The van der Waals surface area contributed by atoms with Crippen LogP contribution in [-0.4, -0.2) is 47.7 Å². The van der Waals surface area contributed by atoms with Crippen LogP contribution in [0.4, 0.5) is 10.5 Å². The van der Waals surface area contributed by atoms with Gasteiger partial charge < -0.3 is 14.4 Å². The summed E-state index contributed by atoms with van der Waals surface area (Å²) >= 11 is 3.33. The molecule has 1 unspecified atom stereocenters. The van der Waals surface area contributed by atoms with Gasteiger partial charge in [0.05, 0.1) is 0 Å². The maximum atomic E-state index is 13.0. The minimum atomic E-state index is -0.993. The first-order chi connectivity index (χ1) is 13.4. The van der Waals surface area contributed by atoms with Gasteiger partial charge in [-0.15, -0.1) is 0 Å². The highest BCUT2D eigenvalue weighted by atomic mass is 79.9. The number of carbonyl (C=O) groups is 3. The topological polar surface area (TPSA) is 84.9 Å². The van der Waals surface area contributed by atoms with Crippen molar-refractivity contribution in [1.29, 1.82) is 0 Å². The second kappa shape index (κ2) is 11.2. The van der Waals surface area contributed by atoms with Crippen LogP contribution in [0, 0.1) is 5.92 Å². The van der Waals surface area contributed by atoms with Crippen molar-refractivity contribution in [3.63, 3.8) is 0 Å². The summed E-state index contributed by atoms with van der Waals surface area (Å²) in [6.45, 7) is 11.0. The molecule has 0 saturated carbocycles. The Kier molecular flexibility index (Phi) is 9.62. The van der Waals surface area contributed by atoms with Gasteiger partial charge in [0.2, 0.25) is 0 Å². The summed E-state index contributed by atoms with van der Waals surface area (Å²) < 4.78 is 11.6. The molecule has 1 rings (SSSR count). The lowest BCUT2D eigenvalue weighted by Crippen LogP contribution is -2.45. The van der Waals surface area contributed by atoms with Crippen LogP contribution in [0.25, 0.3) is 0 Å². The molecule has 0 radical (unpaired) electrons. The molecular formula is C21H31BrN2O5. The molecule has 0 saturated heterocycles. The van der Waals surface area contributed by atoms with Gasteiger partial charge >= 0.3 is 12.1 Å². The normalized spacial score (nSPS) is 12.3. The Morgan fingerprint density at radius 2 is 1.72 bits per heavy atom. The number of nitrogens with zero attached hydrogens (tertiary/aromatic N) is 1. The molecule has 0 bridgehead atoms. The van der Waals surface area contributed by atoms with E-state index in [4.69, 9.17) is 9.47 Å². The van der Waals surface area contributed by atoms with Gasteiger partial charge in [0.1, 0.15) is 12.1 Å². The summed E-state index contributed by atoms with van der Waals surface area (Å²) in [5.41, 5.74) is -0.0900. The van der Waals surface area contributed by atoms with E-state index >= 15 is 0 Å². The molecule has 1 aromatic rings. The van der Waals surface area contributed by atoms with Crippen molar-refractivity contribution in [2.24, 2.45) is 5.92 Å². The molecule has 7 nitrogen and oxygen atoms in total. The zero-order chi connectivity index (χ0) is 22.2. The van der Waals surface area contributed by atoms with Crippen LogP contribution in [0.15, 0.2) is 28.7 Å². The number of carbonyl (C=O) groups excluding carboxylic acids is 3. The fraction of sp³-hybridized carbons (Fsp3) is 0.571. The fourth-order valence-corrected chi connectivity index (χ4v) is 2.78. The number of rotatable bonds is 8. The summed E-state index contributed by atoms with van der Waals surface area (Å²) in [7, 11) is 0. The molecule has 8 heteroatoms. The van der Waals surface area contributed by atoms with E-state index in [0.717, 1.165) is 4.47 Å². The summed E-state index contributed by atoms with van der Waals surface area (Å²) in [5, 5.41) is 2.61. The van der Waals surface area contributed by atoms with Gasteiger partial charge in [-0.1, -0.05) is 29.8 Å². The Morgan fingerprint density at radius 1 is 1.14 bits per heavy atom. The Balaban J connectivity index is 2.82. The Morgan fingerprint density at radius 3 is 2.21 bits per heavy atom. The van der Waals surface area contributed by atoms with Crippen LogP contribution in [0.2, 0.25) is 0 Å². The summed E-state index contributed by atoms with van der Waals surface area (Å²) in [6, 6.07) is 7.00. The third kappa shape index (κ3) is 9.78. The maximum absolute atomic E-state index is 13.0. The van der Waals surface area contributed by atoms with E-state index in [0.29, 0.717) is 18.7 Å². The van der Waals surface area contributed by atoms with Crippen molar-refractivity contribution in [3.05, 3.63) is 28.7 Å². The number of esters is 1. The average Bonchev–Trinajstić information content (AvgIpc) is 2.58. The van der Waals surface area contributed by atoms with E-state index in [2.05, 4.69) is 21.2 Å². The standard InChI is InChI=1S/C21H31BrN2O5/c1-7-24(13-18(25)29-21(4,5)6)19(26)17(12-14(2)3)28-20(27)23-16-10-8-15(22)9-11-16/h8-11,14,17H,7,12-13H2,1-6H3,(H,23,27). The number of anilines is 1. The lowest BCUT2D eigenvalue weighted by atomic mass is 10.0. The highest BCUT2D eigenvalue weighted by Gasteiger charge is 2.30. The zero-order valence-corrected chi connectivity index (χ0v) is 19.5. The van der Waals surface area contributed by atoms with Crippen molar-refractivity contribution in [3.8, 4) is 0 Å². The van der Waals surface area contributed by atoms with Crippen molar-refractivity contribution < 1.29 is 23.9 Å². The first-order valence-electron chi connectivity index (χ1n) is 9.65. The molecule has 0 aliphatic heterocycles. The predicted molar refractivity (Wildman–Crippen MR) is 116 cm³/mol. The summed E-state index contributed by atoms with van der Waals surface area (Å²) in [4.78, 5) is 38.7. The number of ether oxygens (including phenoxy) is 2. The van der Waals surface area contributed by atoms with Crippen LogP contribution in [0.5, 0.6) is 0 Å². The molecule has 0 fully saturated rings. The van der Waals surface area contributed by atoms with E-state index in [1.165, 1.54) is 4.90 Å². The summed E-state index contributed by atoms with van der Waals surface area (Å²) in [6.07, 6.45) is -1.37. The van der Waals surface area contributed by atoms with Gasteiger partial charge in [0.25, 0.3) is 5.91 Å². The first-order valence-corrected chi connectivity index (χ1v) is 10.4. The number of halogens is 1. The van der Waals surface area contributed by atoms with E-state index < -0.39 is 29.7 Å². The van der Waals surface area contributed by atoms with Crippen LogP contribution < -0.4 is 5.32 Å². The lowest BCUT2D eigenvalue weighted by molar-refractivity contribution is -0.160. The monoisotopic (exact) mass is 470 g/mol. The second-order valence-corrected chi connectivity index (χ2v) is 9.01. The van der Waals surface area contributed by atoms with Crippen molar-refractivity contribution in [1.82, 2.24) is 4.90 Å². The molecule has 0 heterocycles. The molecule has 0 spiro atoms. The van der Waals surface area contributed by atoms with Gasteiger partial charge in [0.15, 0.2) is 6.10 Å². The number of nitrogens with one attached hydrogen (secondary N) is 1. The van der Waals surface area contributed by atoms with Crippen LogP contribution in [0.1, 0.15) is 48.0 Å². The Labute approximate surface area is 181 Å². The van der Waals surface area contributed by atoms with Gasteiger partial charge in [0, 0.05) is 16.7 Å². The molecule has 1 aromatic carbocycles. The van der Waals surface area contributed by atoms with Gasteiger partial charge in [-0.25, -0.2) is 4.79 Å². The highest BCUT2D eigenvalue weighted by Crippen LogP contribution is 2.17. The van der Waals surface area contributed by atoms with Crippen molar-refractivity contribution >= 4 is 39.6 Å². The molecule has 0 aliphatic carbocycles. The van der Waals surface area contributed by atoms with Crippen LogP contribution in [-0.2, 0) is 19.1 Å².